The van der Waals surface area contributed by atoms with Crippen LogP contribution in [0.15, 0.2) is 49.1 Å². The van der Waals surface area contributed by atoms with E-state index in [4.69, 9.17) is 15.0 Å². The fourth-order valence-corrected chi connectivity index (χ4v) is 3.63. The molecular formula is C22H20N8O. The van der Waals surface area contributed by atoms with Crippen LogP contribution < -0.4 is 15.0 Å². The molecule has 1 aliphatic heterocycles. The highest BCUT2D eigenvalue weighted by atomic mass is 16.5. The van der Waals surface area contributed by atoms with E-state index in [1.165, 1.54) is 0 Å². The summed E-state index contributed by atoms with van der Waals surface area (Å²) in [6, 6.07) is 10.1. The Hall–Kier alpha value is -4.19. The quantitative estimate of drug-likeness (QED) is 0.533. The Morgan fingerprint density at radius 3 is 2.77 bits per heavy atom. The van der Waals surface area contributed by atoms with Crippen molar-refractivity contribution in [1.82, 2.24) is 24.7 Å². The summed E-state index contributed by atoms with van der Waals surface area (Å²) in [6.45, 7) is 1.33. The van der Waals surface area contributed by atoms with E-state index in [0.717, 1.165) is 33.5 Å². The van der Waals surface area contributed by atoms with Gasteiger partial charge in [0.15, 0.2) is 5.82 Å². The van der Waals surface area contributed by atoms with Crippen LogP contribution in [0.5, 0.6) is 5.75 Å². The van der Waals surface area contributed by atoms with E-state index in [0.29, 0.717) is 24.8 Å². The number of hydrogen-bond acceptors (Lipinski definition) is 8. The Balaban J connectivity index is 1.46. The zero-order chi connectivity index (χ0) is 21.4. The van der Waals surface area contributed by atoms with Gasteiger partial charge in [-0.25, -0.2) is 15.0 Å². The number of aromatic nitrogens is 5. The van der Waals surface area contributed by atoms with Crippen LogP contribution in [0.2, 0.25) is 0 Å². The summed E-state index contributed by atoms with van der Waals surface area (Å²) >= 11 is 0. The number of nitrogens with one attached hydrogen (secondary N) is 1. The van der Waals surface area contributed by atoms with Crippen LogP contribution in [-0.2, 0) is 7.05 Å². The van der Waals surface area contributed by atoms with Gasteiger partial charge in [-0.3, -0.25) is 4.68 Å². The number of nitriles is 1. The molecule has 0 aliphatic carbocycles. The van der Waals surface area contributed by atoms with Gasteiger partial charge in [0.05, 0.1) is 31.0 Å². The average molecular weight is 412 g/mol. The summed E-state index contributed by atoms with van der Waals surface area (Å²) in [5.41, 5.74) is 3.53. The molecule has 31 heavy (non-hydrogen) atoms. The van der Waals surface area contributed by atoms with Crippen molar-refractivity contribution in [3.63, 3.8) is 0 Å². The van der Waals surface area contributed by atoms with Gasteiger partial charge in [-0.1, -0.05) is 6.07 Å². The highest BCUT2D eigenvalue weighted by Gasteiger charge is 2.29. The number of anilines is 3. The lowest BCUT2D eigenvalue weighted by atomic mass is 10.0. The Morgan fingerprint density at radius 1 is 1.16 bits per heavy atom. The van der Waals surface area contributed by atoms with Crippen LogP contribution in [0.4, 0.5) is 17.5 Å². The number of methoxy groups -OCH3 is 1. The first-order valence-electron chi connectivity index (χ1n) is 9.85. The molecule has 0 atom stereocenters. The van der Waals surface area contributed by atoms with Crippen LogP contribution >= 0.6 is 0 Å². The number of pyridine rings is 1. The second kappa shape index (κ2) is 7.57. The third-order valence-corrected chi connectivity index (χ3v) is 5.33. The van der Waals surface area contributed by atoms with Crippen molar-refractivity contribution < 1.29 is 4.74 Å². The molecule has 1 aromatic carbocycles. The van der Waals surface area contributed by atoms with Crippen molar-refractivity contribution in [3.05, 3.63) is 49.1 Å². The second-order valence-electron chi connectivity index (χ2n) is 7.44. The van der Waals surface area contributed by atoms with Crippen molar-refractivity contribution in [2.45, 2.75) is 0 Å². The van der Waals surface area contributed by atoms with E-state index in [9.17, 15) is 0 Å². The monoisotopic (exact) mass is 412 g/mol. The molecule has 1 saturated heterocycles. The lowest BCUT2D eigenvalue weighted by Gasteiger charge is -2.36. The van der Waals surface area contributed by atoms with Gasteiger partial charge >= 0.3 is 0 Å². The van der Waals surface area contributed by atoms with Gasteiger partial charge in [0.1, 0.15) is 11.3 Å². The first-order chi connectivity index (χ1) is 15.1. The number of benzene rings is 1. The molecule has 0 saturated carbocycles. The number of aryl methyl sites for hydroxylation is 1. The van der Waals surface area contributed by atoms with Gasteiger partial charge in [0.25, 0.3) is 0 Å². The molecule has 1 N–H and O–H groups in total. The van der Waals surface area contributed by atoms with Gasteiger partial charge in [-0.2, -0.15) is 10.4 Å². The normalized spacial score (nSPS) is 13.6. The molecule has 1 aliphatic rings. The molecule has 5 rings (SSSR count). The van der Waals surface area contributed by atoms with Crippen molar-refractivity contribution in [2.75, 3.05) is 30.4 Å². The zero-order valence-corrected chi connectivity index (χ0v) is 17.1. The summed E-state index contributed by atoms with van der Waals surface area (Å²) in [4.78, 5) is 15.7. The Morgan fingerprint density at radius 2 is 2.03 bits per heavy atom. The number of hydrogen-bond donors (Lipinski definition) is 1. The third kappa shape index (κ3) is 3.48. The Kier molecular flexibility index (Phi) is 4.59. The minimum Gasteiger partial charge on any atom is -0.495 e. The summed E-state index contributed by atoms with van der Waals surface area (Å²) in [6.07, 6.45) is 7.28. The molecule has 4 aromatic rings. The molecule has 0 spiro atoms. The number of ether oxygens (including phenoxy) is 1. The molecule has 9 nitrogen and oxygen atoms in total. The van der Waals surface area contributed by atoms with Crippen molar-refractivity contribution in [3.8, 4) is 22.9 Å². The minimum atomic E-state index is 0.0408. The summed E-state index contributed by atoms with van der Waals surface area (Å²) in [5, 5.41) is 17.4. The largest absolute Gasteiger partial charge is 0.495 e. The van der Waals surface area contributed by atoms with Crippen LogP contribution in [0.25, 0.3) is 22.0 Å². The Bertz CT molecular complexity index is 1300. The standard InChI is InChI=1S/C22H20N8O/c1-29-13-17(10-26-29)15-3-4-18(19(7-15)31-2)27-22-25-9-16-5-6-24-21(20(16)28-22)30-11-14(8-23)12-30/h3-7,9-10,13-14H,11-12H2,1-2H3,(H,25,27,28). The number of fused-ring (bicyclic) bond motifs is 1. The van der Waals surface area contributed by atoms with E-state index >= 15 is 0 Å². The van der Waals surface area contributed by atoms with E-state index in [1.807, 2.05) is 43.7 Å². The first-order valence-corrected chi connectivity index (χ1v) is 9.85. The highest BCUT2D eigenvalue weighted by molar-refractivity contribution is 5.89. The molecule has 3 aromatic heterocycles. The molecule has 1 fully saturated rings. The number of rotatable bonds is 5. The van der Waals surface area contributed by atoms with Gasteiger partial charge < -0.3 is 15.0 Å². The number of nitrogens with zero attached hydrogens (tertiary/aromatic N) is 7. The fourth-order valence-electron chi connectivity index (χ4n) is 3.63. The molecule has 0 bridgehead atoms. The third-order valence-electron chi connectivity index (χ3n) is 5.33. The van der Waals surface area contributed by atoms with Crippen LogP contribution in [0, 0.1) is 17.2 Å². The van der Waals surface area contributed by atoms with Crippen LogP contribution in [-0.4, -0.2) is 44.9 Å². The Labute approximate surface area is 178 Å². The molecule has 9 heteroatoms. The molecule has 4 heterocycles. The SMILES string of the molecule is COc1cc(-c2cnn(C)c2)ccc1Nc1ncc2ccnc(N3CC(C#N)C3)c2n1. The van der Waals surface area contributed by atoms with E-state index < -0.39 is 0 Å². The van der Waals surface area contributed by atoms with Crippen molar-refractivity contribution in [1.29, 1.82) is 5.26 Å². The van der Waals surface area contributed by atoms with Gasteiger partial charge in [0.2, 0.25) is 5.95 Å². The first kappa shape index (κ1) is 18.8. The summed E-state index contributed by atoms with van der Waals surface area (Å²) in [5.74, 6) is 1.94. The van der Waals surface area contributed by atoms with Crippen molar-refractivity contribution in [2.24, 2.45) is 13.0 Å². The van der Waals surface area contributed by atoms with Gasteiger partial charge in [0, 0.05) is 49.7 Å². The molecule has 0 unspecified atom stereocenters. The van der Waals surface area contributed by atoms with Gasteiger partial charge in [-0.05, 0) is 23.8 Å². The lowest BCUT2D eigenvalue weighted by molar-refractivity contribution is 0.417. The maximum absolute atomic E-state index is 9.07. The topological polar surface area (TPSA) is 105 Å². The van der Waals surface area contributed by atoms with Crippen molar-refractivity contribution >= 4 is 28.4 Å². The molecule has 0 radical (unpaired) electrons. The predicted octanol–water partition coefficient (Wildman–Crippen LogP) is 3.14. The maximum atomic E-state index is 9.07. The fraction of sp³-hybridized carbons (Fsp3) is 0.227. The van der Waals surface area contributed by atoms with E-state index in [2.05, 4.69) is 31.4 Å². The maximum Gasteiger partial charge on any atom is 0.227 e. The summed E-state index contributed by atoms with van der Waals surface area (Å²) in [7, 11) is 3.52. The predicted molar refractivity (Wildman–Crippen MR) is 117 cm³/mol. The van der Waals surface area contributed by atoms with E-state index in [-0.39, 0.29) is 5.92 Å². The lowest BCUT2D eigenvalue weighted by Crippen LogP contribution is -2.46. The average Bonchev–Trinajstić information content (AvgIpc) is 3.20. The second-order valence-corrected chi connectivity index (χ2v) is 7.44. The van der Waals surface area contributed by atoms with E-state index in [1.54, 1.807) is 24.2 Å². The van der Waals surface area contributed by atoms with Gasteiger partial charge in [-0.15, -0.1) is 0 Å². The van der Waals surface area contributed by atoms with Crippen LogP contribution in [0.1, 0.15) is 0 Å². The minimum absolute atomic E-state index is 0.0408. The summed E-state index contributed by atoms with van der Waals surface area (Å²) < 4.78 is 7.35. The molecule has 154 valence electrons. The molecular weight excluding hydrogens is 392 g/mol. The zero-order valence-electron chi connectivity index (χ0n) is 17.1. The smallest absolute Gasteiger partial charge is 0.227 e. The molecule has 0 amide bonds. The van der Waals surface area contributed by atoms with Crippen LogP contribution in [0.3, 0.4) is 0 Å². The highest BCUT2D eigenvalue weighted by Crippen LogP contribution is 2.33.